The van der Waals surface area contributed by atoms with Crippen LogP contribution >= 0.6 is 0 Å². The van der Waals surface area contributed by atoms with Gasteiger partial charge in [0.25, 0.3) is 0 Å². The Hall–Kier alpha value is -2.55. The van der Waals surface area contributed by atoms with E-state index < -0.39 is 14.2 Å². The zero-order chi connectivity index (χ0) is 41.9. The fourth-order valence-electron chi connectivity index (χ4n) is 11.0. The van der Waals surface area contributed by atoms with Gasteiger partial charge in [-0.25, -0.2) is 0 Å². The van der Waals surface area contributed by atoms with Gasteiger partial charge in [0.15, 0.2) is 0 Å². The summed E-state index contributed by atoms with van der Waals surface area (Å²) in [4.78, 5) is 0. The molecule has 0 N–H and O–H groups in total. The molecule has 0 bridgehead atoms. The second-order valence-corrected chi connectivity index (χ2v) is 102. The first-order valence-electron chi connectivity index (χ1n) is 21.8. The summed E-state index contributed by atoms with van der Waals surface area (Å²) in [6, 6.07) is 29.4. The van der Waals surface area contributed by atoms with Crippen molar-refractivity contribution in [2.45, 2.75) is 156 Å². The molecule has 300 valence electrons. The van der Waals surface area contributed by atoms with Crippen molar-refractivity contribution in [3.05, 3.63) is 129 Å². The number of benzene rings is 4. The molecule has 6 rings (SSSR count). The van der Waals surface area contributed by atoms with E-state index in [0.717, 1.165) is 0 Å². The van der Waals surface area contributed by atoms with E-state index in [1.54, 1.807) is 11.1 Å². The van der Waals surface area contributed by atoms with Gasteiger partial charge >= 0.3 is 341 Å². The Morgan fingerprint density at radius 2 is 0.750 bits per heavy atom. The molecule has 0 saturated heterocycles. The zero-order valence-corrected chi connectivity index (χ0v) is 43.8. The Bertz CT molecular complexity index is 2210. The second kappa shape index (κ2) is 12.3. The summed E-state index contributed by atoms with van der Waals surface area (Å²) < 4.78 is 7.50. The summed E-state index contributed by atoms with van der Waals surface area (Å²) in [5.41, 5.74) is 17.3. The van der Waals surface area contributed by atoms with Gasteiger partial charge in [0.05, 0.1) is 0 Å². The van der Waals surface area contributed by atoms with E-state index in [4.69, 9.17) is 0 Å². The van der Waals surface area contributed by atoms with Crippen LogP contribution in [0.2, 0.25) is 16.7 Å². The van der Waals surface area contributed by atoms with Crippen molar-refractivity contribution in [3.63, 3.8) is 0 Å². The summed E-state index contributed by atoms with van der Waals surface area (Å²) in [5.74, 6) is 0. The van der Waals surface area contributed by atoms with Crippen molar-refractivity contribution < 1.29 is 14.2 Å². The van der Waals surface area contributed by atoms with Gasteiger partial charge in [-0.3, -0.25) is 0 Å². The van der Waals surface area contributed by atoms with Gasteiger partial charge in [-0.2, -0.15) is 0 Å². The Morgan fingerprint density at radius 3 is 1.00 bits per heavy atom. The van der Waals surface area contributed by atoms with Crippen molar-refractivity contribution in [1.82, 2.24) is 0 Å². The van der Waals surface area contributed by atoms with Crippen LogP contribution < -0.4 is 0 Å². The fraction of sp³-hybridized carbons (Fsp3) is 0.481. The monoisotopic (exact) mass is 933 g/mol. The van der Waals surface area contributed by atoms with E-state index in [2.05, 4.69) is 224 Å². The van der Waals surface area contributed by atoms with Crippen molar-refractivity contribution in [3.8, 4) is 22.3 Å². The van der Waals surface area contributed by atoms with Crippen LogP contribution in [0.25, 0.3) is 34.4 Å². The summed E-state index contributed by atoms with van der Waals surface area (Å²) in [6.07, 6.45) is 10.5. The summed E-state index contributed by atoms with van der Waals surface area (Å²) in [5, 5.41) is 0. The number of allylic oxidation sites excluding steroid dienone is 2. The van der Waals surface area contributed by atoms with Gasteiger partial charge in [0, 0.05) is 0 Å². The van der Waals surface area contributed by atoms with Gasteiger partial charge < -0.3 is 0 Å². The van der Waals surface area contributed by atoms with Crippen molar-refractivity contribution in [2.24, 2.45) is 0 Å². The van der Waals surface area contributed by atoms with Crippen LogP contribution in [0.5, 0.6) is 0 Å². The Morgan fingerprint density at radius 1 is 0.464 bits per heavy atom. The van der Waals surface area contributed by atoms with Gasteiger partial charge in [0.1, 0.15) is 0 Å². The molecular weight excluding hydrogens is 855 g/mol. The maximum absolute atomic E-state index is 5.38. The van der Waals surface area contributed by atoms with Gasteiger partial charge in [0.2, 0.25) is 0 Å². The van der Waals surface area contributed by atoms with Crippen LogP contribution in [-0.4, -0.2) is 6.94 Å². The first kappa shape index (κ1) is 43.0. The average Bonchev–Trinajstić information content (AvgIpc) is 3.73. The SMILES string of the molecule is C[CH](C)[Hf]([CH3])([CH3])(=[SiH2])([CH](C)C)([CH]1C=Cc2c(-c3cc(C(C)(C)C)cc(C(C)(C)C)c3)cccc21)[CH]1C=Cc2c(-c3cc(C(C)(C)C)cc(C(C)(C)C)c3)cccc21. The molecule has 0 fully saturated rings. The molecule has 56 heavy (non-hydrogen) atoms. The van der Waals surface area contributed by atoms with Gasteiger partial charge in [-0.15, -0.1) is 0 Å². The van der Waals surface area contributed by atoms with E-state index in [1.165, 1.54) is 55.6 Å². The Balaban J connectivity index is 1.62. The predicted octanol–water partition coefficient (Wildman–Crippen LogP) is 16.1. The molecule has 4 aromatic rings. The molecule has 0 saturated carbocycles. The molecule has 2 atom stereocenters. The molecule has 2 heteroatoms. The van der Waals surface area contributed by atoms with Crippen molar-refractivity contribution >= 4 is 19.1 Å². The van der Waals surface area contributed by atoms with E-state index in [1.807, 2.05) is 0 Å². The van der Waals surface area contributed by atoms with E-state index in [0.29, 0.717) is 14.7 Å². The van der Waals surface area contributed by atoms with Crippen LogP contribution in [0, 0.1) is 0 Å². The average molecular weight is 932 g/mol. The standard InChI is InChI=1S/2C23H27.2C3H7.2CH3.Hf.H2Si/c2*1-22(2,3)18-13-17(14-19(15-18)23(4,5)6)21-12-8-10-16-9-7-11-20(16)21;2*1-3-2;;;;/h2*7-15H,1-6H3;2*3H,1-2H3;2*1H3;;1H2. The van der Waals surface area contributed by atoms with Gasteiger partial charge in [-0.05, 0) is 0 Å². The van der Waals surface area contributed by atoms with Crippen LogP contribution in [0.4, 0.5) is 0 Å². The number of rotatable bonds is 6. The summed E-state index contributed by atoms with van der Waals surface area (Å²) >= 11 is -5.38. The molecule has 4 aromatic carbocycles. The quantitative estimate of drug-likeness (QED) is 0.169. The van der Waals surface area contributed by atoms with Crippen molar-refractivity contribution in [1.29, 1.82) is 0 Å². The van der Waals surface area contributed by atoms with Crippen molar-refractivity contribution in [2.75, 3.05) is 0 Å². The molecule has 2 aliphatic rings. The topological polar surface area (TPSA) is 0 Å². The molecule has 0 amide bonds. The molecular formula is C54H76HfSi. The first-order valence-corrected chi connectivity index (χ1v) is 45.6. The van der Waals surface area contributed by atoms with Crippen LogP contribution in [0.1, 0.15) is 163 Å². The second-order valence-electron chi connectivity index (χ2n) is 25.5. The fourth-order valence-corrected chi connectivity index (χ4v) is 51.9. The van der Waals surface area contributed by atoms with E-state index >= 15 is 0 Å². The molecule has 0 spiro atoms. The molecule has 2 unspecified atom stereocenters. The molecule has 2 aliphatic carbocycles. The molecule has 0 aliphatic heterocycles. The molecule has 0 heterocycles. The molecule has 0 nitrogen and oxygen atoms in total. The third kappa shape index (κ3) is 6.02. The minimum absolute atomic E-state index is 0.0611. The third-order valence-electron chi connectivity index (χ3n) is 17.7. The van der Waals surface area contributed by atoms with Crippen LogP contribution in [-0.2, 0) is 35.8 Å². The normalized spacial score (nSPS) is 19.5. The zero-order valence-electron chi connectivity index (χ0n) is 38.8. The number of fused-ring (bicyclic) bond motifs is 2. The van der Waals surface area contributed by atoms with Crippen LogP contribution in [0.3, 0.4) is 0 Å². The summed E-state index contributed by atoms with van der Waals surface area (Å²) in [7, 11) is 0. The summed E-state index contributed by atoms with van der Waals surface area (Å²) in [6.45, 7) is 41.2. The van der Waals surface area contributed by atoms with Gasteiger partial charge in [-0.1, -0.05) is 0 Å². The molecule has 0 radical (unpaired) electrons. The number of hydrogen-bond acceptors (Lipinski definition) is 0. The van der Waals surface area contributed by atoms with Crippen LogP contribution in [0.15, 0.2) is 84.9 Å². The molecule has 0 aromatic heterocycles. The Kier molecular flexibility index (Phi) is 9.42. The third-order valence-corrected chi connectivity index (χ3v) is 98.6. The predicted molar refractivity (Wildman–Crippen MR) is 253 cm³/mol. The first-order chi connectivity index (χ1) is 25.3. The Labute approximate surface area is 339 Å². The van der Waals surface area contributed by atoms with E-state index in [-0.39, 0.29) is 21.7 Å². The van der Waals surface area contributed by atoms with E-state index in [9.17, 15) is 0 Å². The maximum atomic E-state index is 2.90. The number of hydrogen-bond donors (Lipinski definition) is 0. The minimum atomic E-state index is -5.38.